The zero-order chi connectivity index (χ0) is 20.4. The van der Waals surface area contributed by atoms with Crippen LogP contribution in [0, 0.1) is 0 Å². The Hall–Kier alpha value is -2.12. The van der Waals surface area contributed by atoms with Crippen molar-refractivity contribution >= 4 is 34.7 Å². The number of amides is 1. The minimum Gasteiger partial charge on any atom is -0.492 e. The van der Waals surface area contributed by atoms with Crippen LogP contribution in [0.3, 0.4) is 0 Å². The summed E-state index contributed by atoms with van der Waals surface area (Å²) in [7, 11) is 2.02. The van der Waals surface area contributed by atoms with E-state index in [1.54, 1.807) is 24.9 Å². The number of allylic oxidation sites excluding steroid dienone is 1. The summed E-state index contributed by atoms with van der Waals surface area (Å²) >= 11 is 1.61. The fraction of sp³-hybridized carbons (Fsp3) is 0.455. The number of nitrogens with zero attached hydrogens (tertiary/aromatic N) is 3. The summed E-state index contributed by atoms with van der Waals surface area (Å²) in [6.07, 6.45) is 4.98. The average Bonchev–Trinajstić information content (AvgIpc) is 2.94. The molecule has 154 valence electrons. The molecule has 0 bridgehead atoms. The summed E-state index contributed by atoms with van der Waals surface area (Å²) in [5.74, 6) is 1.81. The van der Waals surface area contributed by atoms with Crippen LogP contribution in [-0.4, -0.2) is 53.7 Å². The van der Waals surface area contributed by atoms with E-state index in [4.69, 9.17) is 4.74 Å². The Bertz CT molecular complexity index is 963. The Morgan fingerprint density at radius 2 is 2.14 bits per heavy atom. The molecule has 2 aromatic rings. The highest BCUT2D eigenvalue weighted by Crippen LogP contribution is 2.30. The van der Waals surface area contributed by atoms with Gasteiger partial charge in [0.25, 0.3) is 0 Å². The largest absolute Gasteiger partial charge is 0.492 e. The number of carbonyl (C=O) groups is 1. The molecule has 1 amide bonds. The molecule has 1 aromatic carbocycles. The number of hydrogen-bond donors (Lipinski definition) is 0. The minimum absolute atomic E-state index is 0.0516. The van der Waals surface area contributed by atoms with Gasteiger partial charge in [-0.1, -0.05) is 0 Å². The van der Waals surface area contributed by atoms with Crippen LogP contribution in [-0.2, 0) is 18.3 Å². The Balaban J connectivity index is 1.41. The first-order valence-corrected chi connectivity index (χ1v) is 11.0. The molecule has 1 aromatic heterocycles. The second-order valence-electron chi connectivity index (χ2n) is 7.59. The molecule has 1 aliphatic heterocycles. The monoisotopic (exact) mass is 416 g/mol. The van der Waals surface area contributed by atoms with Gasteiger partial charge in [-0.05, 0) is 36.2 Å². The van der Waals surface area contributed by atoms with Gasteiger partial charge in [0.1, 0.15) is 25.2 Å². The first kappa shape index (κ1) is 20.2. The van der Waals surface area contributed by atoms with Crippen LogP contribution in [0.25, 0.3) is 16.8 Å². The van der Waals surface area contributed by atoms with Crippen LogP contribution >= 0.6 is 11.9 Å². The van der Waals surface area contributed by atoms with Crippen LogP contribution in [0.2, 0.25) is 0 Å². The number of carbonyl (C=O) groups excluding carboxylic acids is 1. The number of ether oxygens (including phenoxy) is 1. The molecule has 1 saturated heterocycles. The molecule has 0 spiro atoms. The van der Waals surface area contributed by atoms with Crippen molar-refractivity contribution in [2.24, 2.45) is 7.05 Å². The van der Waals surface area contributed by atoms with E-state index in [2.05, 4.69) is 15.7 Å². The Morgan fingerprint density at radius 1 is 1.28 bits per heavy atom. The molecule has 1 aliphatic carbocycles. The number of fused-ring (bicyclic) bond motifs is 3. The lowest BCUT2D eigenvalue weighted by Gasteiger charge is -2.20. The normalized spacial score (nSPS) is 17.6. The third kappa shape index (κ3) is 4.56. The van der Waals surface area contributed by atoms with E-state index in [0.29, 0.717) is 13.0 Å². The van der Waals surface area contributed by atoms with Crippen LogP contribution in [0.5, 0.6) is 5.75 Å². The van der Waals surface area contributed by atoms with Gasteiger partial charge in [0.15, 0.2) is 11.9 Å². The Kier molecular flexibility index (Phi) is 6.06. The van der Waals surface area contributed by atoms with Gasteiger partial charge in [-0.2, -0.15) is 0 Å². The standard InChI is InChI=1S/C22H27FN3O2S/c1-16(27)26-8-7-25(10-12-29-26)9-11-28-19-4-5-20-17(13-19)15-24(2)22-6-3-18(23)14-21(20)22/h4-5,13-15H,3,6-12H2,1-2H3/q+1. The maximum atomic E-state index is 13.8. The minimum atomic E-state index is -0.0516. The van der Waals surface area contributed by atoms with Gasteiger partial charge in [-0.3, -0.25) is 14.0 Å². The van der Waals surface area contributed by atoms with Crippen LogP contribution in [0.1, 0.15) is 24.6 Å². The van der Waals surface area contributed by atoms with Gasteiger partial charge in [-0.25, -0.2) is 8.96 Å². The van der Waals surface area contributed by atoms with Crippen molar-refractivity contribution in [3.63, 3.8) is 0 Å². The van der Waals surface area contributed by atoms with Gasteiger partial charge in [-0.15, -0.1) is 0 Å². The van der Waals surface area contributed by atoms with E-state index in [0.717, 1.165) is 60.4 Å². The van der Waals surface area contributed by atoms with E-state index >= 15 is 0 Å². The lowest BCUT2D eigenvalue weighted by Crippen LogP contribution is -2.35. The zero-order valence-electron chi connectivity index (χ0n) is 17.0. The topological polar surface area (TPSA) is 36.7 Å². The molecule has 4 rings (SSSR count). The van der Waals surface area contributed by atoms with E-state index in [9.17, 15) is 9.18 Å². The molecule has 7 heteroatoms. The summed E-state index contributed by atoms with van der Waals surface area (Å²) in [5, 5.41) is 2.12. The highest BCUT2D eigenvalue weighted by atomic mass is 32.2. The lowest BCUT2D eigenvalue weighted by molar-refractivity contribution is -0.678. The summed E-state index contributed by atoms with van der Waals surface area (Å²) in [6, 6.07) is 6.04. The van der Waals surface area contributed by atoms with Crippen molar-refractivity contribution in [3.05, 3.63) is 41.5 Å². The zero-order valence-corrected chi connectivity index (χ0v) is 17.8. The molecule has 0 atom stereocenters. The Morgan fingerprint density at radius 3 is 2.97 bits per heavy atom. The van der Waals surface area contributed by atoms with Gasteiger partial charge in [0, 0.05) is 62.5 Å². The SMILES string of the molecule is CC(=O)N1CCN(CCOc2ccc3c4c([n+](C)cc3c2)CCC(F)=C4)CCS1. The maximum absolute atomic E-state index is 13.8. The van der Waals surface area contributed by atoms with Crippen LogP contribution < -0.4 is 9.30 Å². The quantitative estimate of drug-likeness (QED) is 0.567. The van der Waals surface area contributed by atoms with E-state index in [1.165, 1.54) is 5.69 Å². The van der Waals surface area contributed by atoms with Gasteiger partial charge >= 0.3 is 0 Å². The molecule has 0 unspecified atom stereocenters. The van der Waals surface area contributed by atoms with Crippen molar-refractivity contribution in [1.29, 1.82) is 0 Å². The average molecular weight is 417 g/mol. The Labute approximate surface area is 175 Å². The molecule has 0 radical (unpaired) electrons. The van der Waals surface area contributed by atoms with E-state index < -0.39 is 0 Å². The van der Waals surface area contributed by atoms with Gasteiger partial charge < -0.3 is 4.74 Å². The highest BCUT2D eigenvalue weighted by molar-refractivity contribution is 7.97. The number of rotatable bonds is 4. The first-order valence-electron chi connectivity index (χ1n) is 10.1. The molecule has 0 N–H and O–H groups in total. The molecular weight excluding hydrogens is 389 g/mol. The number of aromatic nitrogens is 1. The summed E-state index contributed by atoms with van der Waals surface area (Å²) < 4.78 is 23.8. The molecule has 2 aliphatic rings. The third-order valence-corrected chi connectivity index (χ3v) is 6.70. The number of benzene rings is 1. The fourth-order valence-corrected chi connectivity index (χ4v) is 4.96. The number of pyridine rings is 1. The van der Waals surface area contributed by atoms with Crippen LogP contribution in [0.4, 0.5) is 4.39 Å². The predicted octanol–water partition coefficient (Wildman–Crippen LogP) is 3.11. The first-order chi connectivity index (χ1) is 14.0. The molecular formula is C22H27FN3O2S+. The summed E-state index contributed by atoms with van der Waals surface area (Å²) in [6.45, 7) is 5.62. The van der Waals surface area contributed by atoms with E-state index in [1.807, 2.05) is 29.6 Å². The van der Waals surface area contributed by atoms with Crippen molar-refractivity contribution in [2.75, 3.05) is 38.5 Å². The fourth-order valence-electron chi connectivity index (χ4n) is 4.01. The lowest BCUT2D eigenvalue weighted by atomic mass is 9.96. The summed E-state index contributed by atoms with van der Waals surface area (Å²) in [5.41, 5.74) is 2.16. The van der Waals surface area contributed by atoms with Crippen molar-refractivity contribution in [2.45, 2.75) is 19.8 Å². The second kappa shape index (κ2) is 8.71. The second-order valence-corrected chi connectivity index (χ2v) is 8.69. The maximum Gasteiger partial charge on any atom is 0.229 e. The molecule has 5 nitrogen and oxygen atoms in total. The number of halogens is 1. The predicted molar refractivity (Wildman–Crippen MR) is 114 cm³/mol. The highest BCUT2D eigenvalue weighted by Gasteiger charge is 2.22. The molecule has 29 heavy (non-hydrogen) atoms. The molecule has 0 saturated carbocycles. The van der Waals surface area contributed by atoms with Gasteiger partial charge in [0.05, 0.1) is 5.56 Å². The number of hydrogen-bond acceptors (Lipinski definition) is 4. The third-order valence-electron chi connectivity index (χ3n) is 5.59. The van der Waals surface area contributed by atoms with E-state index in [-0.39, 0.29) is 11.7 Å². The van der Waals surface area contributed by atoms with Crippen molar-refractivity contribution in [3.8, 4) is 5.75 Å². The van der Waals surface area contributed by atoms with Crippen molar-refractivity contribution in [1.82, 2.24) is 9.21 Å². The summed E-state index contributed by atoms with van der Waals surface area (Å²) in [4.78, 5) is 13.9. The molecule has 1 fully saturated rings. The smallest absolute Gasteiger partial charge is 0.229 e. The van der Waals surface area contributed by atoms with Crippen LogP contribution in [0.15, 0.2) is 30.2 Å². The van der Waals surface area contributed by atoms with Gasteiger partial charge in [0.2, 0.25) is 5.91 Å². The molecule has 2 heterocycles. The number of aryl methyl sites for hydroxylation is 1. The van der Waals surface area contributed by atoms with Crippen molar-refractivity contribution < 1.29 is 18.5 Å².